The predicted octanol–water partition coefficient (Wildman–Crippen LogP) is 1.85. The average molecular weight is 290 g/mol. The number of rotatable bonds is 6. The van der Waals surface area contributed by atoms with Crippen molar-refractivity contribution in [1.29, 1.82) is 0 Å². The number of carbonyl (C=O) groups excluding carboxylic acids is 1. The predicted molar refractivity (Wildman–Crippen MR) is 84.3 cm³/mol. The second-order valence-corrected chi connectivity index (χ2v) is 6.36. The van der Waals surface area contributed by atoms with Crippen LogP contribution < -0.4 is 10.6 Å². The highest BCUT2D eigenvalue weighted by Gasteiger charge is 2.29. The quantitative estimate of drug-likeness (QED) is 0.840. The van der Waals surface area contributed by atoms with Crippen molar-refractivity contribution in [2.45, 2.75) is 44.2 Å². The van der Waals surface area contributed by atoms with E-state index in [0.29, 0.717) is 6.42 Å². The number of methoxy groups -OCH3 is 1. The molecule has 1 heterocycles. The Morgan fingerprint density at radius 3 is 2.71 bits per heavy atom. The Bertz CT molecular complexity index is 459. The summed E-state index contributed by atoms with van der Waals surface area (Å²) < 4.78 is 5.36. The zero-order valence-corrected chi connectivity index (χ0v) is 13.2. The van der Waals surface area contributed by atoms with Crippen molar-refractivity contribution in [1.82, 2.24) is 10.6 Å². The van der Waals surface area contributed by atoms with Gasteiger partial charge in [0.15, 0.2) is 0 Å². The maximum Gasteiger partial charge on any atom is 0.220 e. The molecule has 116 valence electrons. The van der Waals surface area contributed by atoms with Crippen molar-refractivity contribution in [3.8, 4) is 0 Å². The molecular formula is C17H26N2O2. The third-order valence-electron chi connectivity index (χ3n) is 4.34. The van der Waals surface area contributed by atoms with Gasteiger partial charge in [-0.15, -0.1) is 0 Å². The maximum absolute atomic E-state index is 12.1. The summed E-state index contributed by atoms with van der Waals surface area (Å²) in [6.45, 7) is 5.96. The van der Waals surface area contributed by atoms with Gasteiger partial charge in [0, 0.05) is 26.6 Å². The third-order valence-corrected chi connectivity index (χ3v) is 4.34. The fourth-order valence-corrected chi connectivity index (χ4v) is 2.79. The Labute approximate surface area is 127 Å². The van der Waals surface area contributed by atoms with E-state index in [9.17, 15) is 4.79 Å². The second kappa shape index (κ2) is 7.05. The molecule has 1 aliphatic rings. The molecule has 0 radical (unpaired) electrons. The van der Waals surface area contributed by atoms with Crippen molar-refractivity contribution in [3.63, 3.8) is 0 Å². The van der Waals surface area contributed by atoms with E-state index in [2.05, 4.69) is 36.6 Å². The molecule has 0 bridgehead atoms. The zero-order valence-electron chi connectivity index (χ0n) is 13.2. The molecule has 1 fully saturated rings. The van der Waals surface area contributed by atoms with E-state index in [1.54, 1.807) is 7.11 Å². The summed E-state index contributed by atoms with van der Waals surface area (Å²) >= 11 is 0. The topological polar surface area (TPSA) is 50.4 Å². The van der Waals surface area contributed by atoms with E-state index in [4.69, 9.17) is 4.74 Å². The summed E-state index contributed by atoms with van der Waals surface area (Å²) in [4.78, 5) is 12.1. The Morgan fingerprint density at radius 2 is 2.05 bits per heavy atom. The molecular weight excluding hydrogens is 264 g/mol. The van der Waals surface area contributed by atoms with E-state index in [-0.39, 0.29) is 23.5 Å². The van der Waals surface area contributed by atoms with Crippen LogP contribution in [0.3, 0.4) is 0 Å². The molecule has 1 aromatic rings. The van der Waals surface area contributed by atoms with Crippen molar-refractivity contribution < 1.29 is 9.53 Å². The van der Waals surface area contributed by atoms with Crippen LogP contribution in [-0.2, 0) is 14.9 Å². The van der Waals surface area contributed by atoms with Crippen LogP contribution in [-0.4, -0.2) is 38.3 Å². The van der Waals surface area contributed by atoms with Gasteiger partial charge in [0.2, 0.25) is 5.91 Å². The summed E-state index contributed by atoms with van der Waals surface area (Å²) in [6.07, 6.45) is 1.45. The highest BCUT2D eigenvalue weighted by atomic mass is 16.5. The van der Waals surface area contributed by atoms with Crippen molar-refractivity contribution in [3.05, 3.63) is 35.9 Å². The highest BCUT2D eigenvalue weighted by Crippen LogP contribution is 2.28. The number of hydrogen-bond donors (Lipinski definition) is 2. The van der Waals surface area contributed by atoms with Gasteiger partial charge in [-0.1, -0.05) is 44.2 Å². The van der Waals surface area contributed by atoms with Crippen LogP contribution in [0.1, 0.15) is 32.3 Å². The molecule has 4 heteroatoms. The van der Waals surface area contributed by atoms with E-state index in [0.717, 1.165) is 19.5 Å². The normalized spacial score (nSPS) is 22.2. The van der Waals surface area contributed by atoms with Crippen LogP contribution in [0.2, 0.25) is 0 Å². The first-order valence-electron chi connectivity index (χ1n) is 7.61. The number of amides is 1. The van der Waals surface area contributed by atoms with Crippen molar-refractivity contribution in [2.24, 2.45) is 0 Å². The van der Waals surface area contributed by atoms with E-state index >= 15 is 0 Å². The van der Waals surface area contributed by atoms with Crippen LogP contribution >= 0.6 is 0 Å². The Morgan fingerprint density at radius 1 is 1.33 bits per heavy atom. The van der Waals surface area contributed by atoms with E-state index in [1.807, 2.05) is 18.2 Å². The minimum Gasteiger partial charge on any atom is -0.378 e. The third kappa shape index (κ3) is 4.29. The molecule has 1 aliphatic heterocycles. The smallest absolute Gasteiger partial charge is 0.220 e. The number of nitrogens with one attached hydrogen (secondary N) is 2. The van der Waals surface area contributed by atoms with Crippen LogP contribution in [0.25, 0.3) is 0 Å². The first-order valence-corrected chi connectivity index (χ1v) is 7.61. The molecule has 0 aliphatic carbocycles. The van der Waals surface area contributed by atoms with E-state index in [1.165, 1.54) is 5.56 Å². The molecule has 4 nitrogen and oxygen atoms in total. The molecule has 1 aromatic carbocycles. The molecule has 21 heavy (non-hydrogen) atoms. The van der Waals surface area contributed by atoms with Gasteiger partial charge in [-0.05, 0) is 17.4 Å². The minimum atomic E-state index is 0.00713. The number of ether oxygens (including phenoxy) is 1. The molecule has 0 saturated carbocycles. The lowest BCUT2D eigenvalue weighted by Gasteiger charge is -2.26. The van der Waals surface area contributed by atoms with Crippen molar-refractivity contribution in [2.75, 3.05) is 20.2 Å². The summed E-state index contributed by atoms with van der Waals surface area (Å²) in [5.41, 5.74) is 1.28. The van der Waals surface area contributed by atoms with Gasteiger partial charge in [0.25, 0.3) is 0 Å². The number of hydrogen-bond acceptors (Lipinski definition) is 3. The van der Waals surface area contributed by atoms with Gasteiger partial charge in [-0.25, -0.2) is 0 Å². The zero-order chi connectivity index (χ0) is 15.3. The highest BCUT2D eigenvalue weighted by molar-refractivity contribution is 5.76. The fourth-order valence-electron chi connectivity index (χ4n) is 2.79. The molecule has 2 rings (SSSR count). The minimum absolute atomic E-state index is 0.00713. The lowest BCUT2D eigenvalue weighted by Crippen LogP contribution is -2.43. The van der Waals surface area contributed by atoms with Crippen LogP contribution in [0.5, 0.6) is 0 Å². The van der Waals surface area contributed by atoms with Gasteiger partial charge in [-0.2, -0.15) is 0 Å². The first-order chi connectivity index (χ1) is 10.0. The van der Waals surface area contributed by atoms with Gasteiger partial charge in [0.1, 0.15) is 0 Å². The first kappa shape index (κ1) is 16.0. The van der Waals surface area contributed by atoms with Gasteiger partial charge >= 0.3 is 0 Å². The Kier molecular flexibility index (Phi) is 5.37. The monoisotopic (exact) mass is 290 g/mol. The van der Waals surface area contributed by atoms with Gasteiger partial charge in [0.05, 0.1) is 12.1 Å². The maximum atomic E-state index is 12.1. The van der Waals surface area contributed by atoms with E-state index < -0.39 is 0 Å². The molecule has 2 N–H and O–H groups in total. The van der Waals surface area contributed by atoms with Crippen LogP contribution in [0.15, 0.2) is 30.3 Å². The molecule has 2 atom stereocenters. The summed E-state index contributed by atoms with van der Waals surface area (Å²) in [5.74, 6) is 0.106. The molecule has 1 saturated heterocycles. The number of benzene rings is 1. The average Bonchev–Trinajstić information content (AvgIpc) is 2.93. The lowest BCUT2D eigenvalue weighted by atomic mass is 9.80. The Balaban J connectivity index is 1.83. The van der Waals surface area contributed by atoms with Crippen LogP contribution in [0.4, 0.5) is 0 Å². The second-order valence-electron chi connectivity index (χ2n) is 6.36. The summed E-state index contributed by atoms with van der Waals surface area (Å²) in [7, 11) is 1.69. The largest absolute Gasteiger partial charge is 0.378 e. The lowest BCUT2D eigenvalue weighted by molar-refractivity contribution is -0.122. The number of carbonyl (C=O) groups is 1. The Hall–Kier alpha value is -1.39. The summed E-state index contributed by atoms with van der Waals surface area (Å²) in [6, 6.07) is 10.4. The standard InChI is InChI=1S/C17H26N2O2/c1-17(2,13-7-5-4-6-8-13)10-9-16(20)19-14-11-18-12-15(14)21-3/h4-8,14-15,18H,9-12H2,1-3H3,(H,19,20). The molecule has 0 spiro atoms. The fraction of sp³-hybridized carbons (Fsp3) is 0.588. The van der Waals surface area contributed by atoms with Crippen molar-refractivity contribution >= 4 is 5.91 Å². The van der Waals surface area contributed by atoms with Crippen LogP contribution in [0, 0.1) is 0 Å². The summed E-state index contributed by atoms with van der Waals surface area (Å²) in [5, 5.41) is 6.31. The molecule has 1 amide bonds. The SMILES string of the molecule is COC1CNCC1NC(=O)CCC(C)(C)c1ccccc1. The molecule has 0 aromatic heterocycles. The molecule has 2 unspecified atom stereocenters. The van der Waals surface area contributed by atoms with Gasteiger partial charge in [-0.3, -0.25) is 4.79 Å². The van der Waals surface area contributed by atoms with Gasteiger partial charge < -0.3 is 15.4 Å².